The van der Waals surface area contributed by atoms with Gasteiger partial charge >= 0.3 is 0 Å². The smallest absolute Gasteiger partial charge is 0.265 e. The molecule has 8 nitrogen and oxygen atoms in total. The molecule has 0 unspecified atom stereocenters. The predicted molar refractivity (Wildman–Crippen MR) is 124 cm³/mol. The molecule has 1 heterocycles. The number of hydrogen-bond acceptors (Lipinski definition) is 6. The molecular formula is C24H25N3O5S. The summed E-state index contributed by atoms with van der Waals surface area (Å²) in [5.74, 6) is 0.236. The lowest BCUT2D eigenvalue weighted by molar-refractivity contribution is -0.125. The third-order valence-corrected chi connectivity index (χ3v) is 8.17. The monoisotopic (exact) mass is 467 g/mol. The number of sulfonamides is 1. The predicted octanol–water partition coefficient (Wildman–Crippen LogP) is 2.86. The summed E-state index contributed by atoms with van der Waals surface area (Å²) in [6.45, 7) is 0.517. The lowest BCUT2D eigenvalue weighted by Gasteiger charge is -2.38. The van der Waals surface area contributed by atoms with Crippen LogP contribution in [0.3, 0.4) is 0 Å². The number of amides is 1. The number of rotatable bonds is 6. The van der Waals surface area contributed by atoms with Crippen molar-refractivity contribution in [2.24, 2.45) is 0 Å². The molecule has 0 aromatic heterocycles. The first-order valence-corrected chi connectivity index (χ1v) is 12.4. The van der Waals surface area contributed by atoms with E-state index < -0.39 is 15.4 Å². The van der Waals surface area contributed by atoms with Gasteiger partial charge in [0.1, 0.15) is 16.4 Å². The Morgan fingerprint density at radius 3 is 2.61 bits per heavy atom. The second-order valence-electron chi connectivity index (χ2n) is 8.68. The average Bonchev–Trinajstić information content (AvgIpc) is 3.06. The normalized spacial score (nSPS) is 18.8. The second-order valence-corrected chi connectivity index (χ2v) is 10.3. The molecule has 1 amide bonds. The van der Waals surface area contributed by atoms with Crippen molar-refractivity contribution in [1.82, 2.24) is 5.32 Å². The van der Waals surface area contributed by atoms with Crippen molar-refractivity contribution >= 4 is 33.1 Å². The first kappa shape index (κ1) is 21.5. The zero-order valence-corrected chi connectivity index (χ0v) is 19.1. The molecule has 0 saturated heterocycles. The van der Waals surface area contributed by atoms with Crippen LogP contribution in [0.15, 0.2) is 53.1 Å². The minimum atomic E-state index is -3.94. The SMILES string of the molecule is COc1ccccc1S(=O)(=O)Nc1cc(NC2=CC(=O)NCC2)c2c(c1)C1(CCC1)C(=O)C2. The fourth-order valence-electron chi connectivity index (χ4n) is 4.94. The van der Waals surface area contributed by atoms with E-state index in [-0.39, 0.29) is 22.3 Å². The van der Waals surface area contributed by atoms with E-state index in [0.29, 0.717) is 30.8 Å². The second kappa shape index (κ2) is 7.91. The Bertz CT molecular complexity index is 1300. The summed E-state index contributed by atoms with van der Waals surface area (Å²) in [6, 6.07) is 9.90. The molecule has 2 aromatic rings. The van der Waals surface area contributed by atoms with E-state index in [1.165, 1.54) is 19.3 Å². The number of hydrogen-bond donors (Lipinski definition) is 3. The number of carbonyl (C=O) groups excluding carboxylic acids is 2. The number of benzene rings is 2. The quantitative estimate of drug-likeness (QED) is 0.602. The van der Waals surface area contributed by atoms with Crippen LogP contribution in [0.1, 0.15) is 36.8 Å². The first-order chi connectivity index (χ1) is 15.8. The molecule has 2 aromatic carbocycles. The molecule has 2 aliphatic carbocycles. The Morgan fingerprint density at radius 1 is 1.12 bits per heavy atom. The summed E-state index contributed by atoms with van der Waals surface area (Å²) < 4.78 is 34.3. The maximum absolute atomic E-state index is 13.2. The number of nitrogens with one attached hydrogen (secondary N) is 3. The summed E-state index contributed by atoms with van der Waals surface area (Å²) in [4.78, 5) is 24.8. The maximum Gasteiger partial charge on any atom is 0.265 e. The summed E-state index contributed by atoms with van der Waals surface area (Å²) in [5, 5.41) is 6.04. The van der Waals surface area contributed by atoms with Crippen LogP contribution in [-0.2, 0) is 31.4 Å². The highest BCUT2D eigenvalue weighted by atomic mass is 32.2. The van der Waals surface area contributed by atoms with E-state index in [0.717, 1.165) is 36.1 Å². The third-order valence-electron chi connectivity index (χ3n) is 6.75. The minimum Gasteiger partial charge on any atom is -0.495 e. The van der Waals surface area contributed by atoms with Crippen LogP contribution in [-0.4, -0.2) is 33.8 Å². The van der Waals surface area contributed by atoms with Crippen molar-refractivity contribution in [1.29, 1.82) is 0 Å². The Hall–Kier alpha value is -3.33. The number of ether oxygens (including phenoxy) is 1. The van der Waals surface area contributed by atoms with Gasteiger partial charge in [-0.2, -0.15) is 0 Å². The van der Waals surface area contributed by atoms with E-state index in [1.54, 1.807) is 30.3 Å². The zero-order chi connectivity index (χ0) is 23.2. The van der Waals surface area contributed by atoms with Gasteiger partial charge in [0.05, 0.1) is 18.2 Å². The highest BCUT2D eigenvalue weighted by Gasteiger charge is 2.51. The van der Waals surface area contributed by atoms with Crippen LogP contribution in [0.2, 0.25) is 0 Å². The van der Waals surface area contributed by atoms with Gasteiger partial charge in [-0.3, -0.25) is 14.3 Å². The molecular weight excluding hydrogens is 442 g/mol. The summed E-state index contributed by atoms with van der Waals surface area (Å²) in [5.41, 5.74) is 2.98. The molecule has 0 radical (unpaired) electrons. The maximum atomic E-state index is 13.2. The van der Waals surface area contributed by atoms with Gasteiger partial charge in [0.25, 0.3) is 10.0 Å². The highest BCUT2D eigenvalue weighted by Crippen LogP contribution is 2.53. The highest BCUT2D eigenvalue weighted by molar-refractivity contribution is 7.92. The molecule has 0 bridgehead atoms. The summed E-state index contributed by atoms with van der Waals surface area (Å²) >= 11 is 0. The molecule has 172 valence electrons. The Kier molecular flexibility index (Phi) is 5.16. The molecule has 1 fully saturated rings. The number of carbonyl (C=O) groups is 2. The molecule has 9 heteroatoms. The van der Waals surface area contributed by atoms with Gasteiger partial charge < -0.3 is 15.4 Å². The molecule has 3 N–H and O–H groups in total. The molecule has 5 rings (SSSR count). The van der Waals surface area contributed by atoms with Crippen LogP contribution in [0.5, 0.6) is 5.75 Å². The number of anilines is 2. The van der Waals surface area contributed by atoms with Crippen molar-refractivity contribution in [3.63, 3.8) is 0 Å². The molecule has 1 aliphatic heterocycles. The van der Waals surface area contributed by atoms with Gasteiger partial charge in [0.2, 0.25) is 5.91 Å². The van der Waals surface area contributed by atoms with Gasteiger partial charge in [-0.1, -0.05) is 18.6 Å². The molecule has 3 aliphatic rings. The number of para-hydroxylation sites is 1. The fourth-order valence-corrected chi connectivity index (χ4v) is 6.15. The van der Waals surface area contributed by atoms with E-state index in [9.17, 15) is 18.0 Å². The molecule has 1 spiro atoms. The van der Waals surface area contributed by atoms with Crippen LogP contribution in [0.25, 0.3) is 0 Å². The van der Waals surface area contributed by atoms with Gasteiger partial charge in [0.15, 0.2) is 0 Å². The van der Waals surface area contributed by atoms with Crippen LogP contribution in [0, 0.1) is 0 Å². The fraction of sp³-hybridized carbons (Fsp3) is 0.333. The number of fused-ring (bicyclic) bond motifs is 2. The van der Waals surface area contributed by atoms with Gasteiger partial charge in [-0.15, -0.1) is 0 Å². The summed E-state index contributed by atoms with van der Waals surface area (Å²) in [7, 11) is -2.52. The van der Waals surface area contributed by atoms with Crippen molar-refractivity contribution in [3.05, 3.63) is 59.3 Å². The van der Waals surface area contributed by atoms with E-state index in [1.807, 2.05) is 0 Å². The van der Waals surface area contributed by atoms with Crippen molar-refractivity contribution in [2.75, 3.05) is 23.7 Å². The number of methoxy groups -OCH3 is 1. The van der Waals surface area contributed by atoms with Gasteiger partial charge in [-0.25, -0.2) is 8.42 Å². The van der Waals surface area contributed by atoms with Crippen LogP contribution >= 0.6 is 0 Å². The standard InChI is InChI=1S/C24H25N3O5S/c1-32-20-5-2-3-6-21(20)33(30,31)27-16-11-18-17(14-22(28)24(18)8-4-9-24)19(12-16)26-15-7-10-25-23(29)13-15/h2-3,5-6,11-13,26-27H,4,7-10,14H2,1H3,(H,25,29). The Morgan fingerprint density at radius 2 is 1.91 bits per heavy atom. The summed E-state index contributed by atoms with van der Waals surface area (Å²) in [6.07, 6.45) is 4.93. The Balaban J connectivity index is 1.57. The topological polar surface area (TPSA) is 114 Å². The average molecular weight is 468 g/mol. The minimum absolute atomic E-state index is 0.0311. The van der Waals surface area contributed by atoms with Crippen LogP contribution < -0.4 is 20.1 Å². The molecule has 0 atom stereocenters. The van der Waals surface area contributed by atoms with E-state index >= 15 is 0 Å². The number of ketones is 1. The third kappa shape index (κ3) is 3.66. The number of Topliss-reactive ketones (excluding diaryl/α,β-unsaturated/α-hetero) is 1. The van der Waals surface area contributed by atoms with Crippen molar-refractivity contribution < 1.29 is 22.7 Å². The largest absolute Gasteiger partial charge is 0.495 e. The lowest BCUT2D eigenvalue weighted by atomic mass is 9.64. The zero-order valence-electron chi connectivity index (χ0n) is 18.2. The first-order valence-electron chi connectivity index (χ1n) is 10.9. The lowest BCUT2D eigenvalue weighted by Crippen LogP contribution is -2.39. The van der Waals surface area contributed by atoms with E-state index in [2.05, 4.69) is 15.4 Å². The van der Waals surface area contributed by atoms with E-state index in [4.69, 9.17) is 4.74 Å². The van der Waals surface area contributed by atoms with Crippen molar-refractivity contribution in [3.8, 4) is 5.75 Å². The van der Waals surface area contributed by atoms with Gasteiger partial charge in [-0.05, 0) is 48.2 Å². The molecule has 1 saturated carbocycles. The van der Waals surface area contributed by atoms with Gasteiger partial charge in [0, 0.05) is 36.8 Å². The Labute approximate surface area is 192 Å². The van der Waals surface area contributed by atoms with Crippen LogP contribution in [0.4, 0.5) is 11.4 Å². The van der Waals surface area contributed by atoms with Crippen molar-refractivity contribution in [2.45, 2.75) is 42.4 Å². The molecule has 33 heavy (non-hydrogen) atoms.